The molecule has 0 radical (unpaired) electrons. The minimum absolute atomic E-state index is 0.0900. The van der Waals surface area contributed by atoms with Crippen LogP contribution in [0.4, 0.5) is 5.69 Å². The van der Waals surface area contributed by atoms with Crippen molar-refractivity contribution in [1.82, 2.24) is 20.0 Å². The van der Waals surface area contributed by atoms with Gasteiger partial charge in [-0.05, 0) is 30.9 Å². The number of amides is 4. The molecule has 0 spiro atoms. The number of aryl methyl sites for hydroxylation is 1. The number of benzene rings is 1. The lowest BCUT2D eigenvalue weighted by molar-refractivity contribution is -0.136. The molecule has 0 bridgehead atoms. The van der Waals surface area contributed by atoms with Crippen molar-refractivity contribution < 1.29 is 33.4 Å². The summed E-state index contributed by atoms with van der Waals surface area (Å²) in [5.74, 6) is -2.01. The molecule has 1 fully saturated rings. The van der Waals surface area contributed by atoms with Gasteiger partial charge >= 0.3 is 0 Å². The van der Waals surface area contributed by atoms with E-state index in [4.69, 9.17) is 19.9 Å². The summed E-state index contributed by atoms with van der Waals surface area (Å²) in [4.78, 5) is 50.7. The van der Waals surface area contributed by atoms with Crippen LogP contribution in [0.1, 0.15) is 45.5 Å². The number of hydrogen-bond donors (Lipinski definition) is 2. The van der Waals surface area contributed by atoms with Crippen LogP contribution in [0.15, 0.2) is 30.6 Å². The highest BCUT2D eigenvalue weighted by Crippen LogP contribution is 2.30. The number of carbonyl (C=O) groups excluding carboxylic acids is 4. The second-order valence-corrected chi connectivity index (χ2v) is 8.76. The van der Waals surface area contributed by atoms with Crippen molar-refractivity contribution in [2.45, 2.75) is 38.3 Å². The molecule has 1 atom stereocenters. The maximum atomic E-state index is 13.1. The Balaban J connectivity index is 1.12. The lowest BCUT2D eigenvalue weighted by Gasteiger charge is -2.27. The van der Waals surface area contributed by atoms with Crippen LogP contribution in [-0.4, -0.2) is 84.0 Å². The Morgan fingerprint density at radius 3 is 2.41 bits per heavy atom. The molecule has 4 rings (SSSR count). The number of nitrogens with one attached hydrogen (secondary N) is 1. The van der Waals surface area contributed by atoms with E-state index in [-0.39, 0.29) is 18.4 Å². The molecule has 12 heteroatoms. The number of anilines is 1. The number of carbonyl (C=O) groups is 4. The Morgan fingerprint density at radius 2 is 1.70 bits per heavy atom. The first-order valence-corrected chi connectivity index (χ1v) is 12.3. The second-order valence-electron chi connectivity index (χ2n) is 8.76. The van der Waals surface area contributed by atoms with Gasteiger partial charge in [-0.1, -0.05) is 12.1 Å². The molecule has 3 N–H and O–H groups in total. The van der Waals surface area contributed by atoms with Crippen LogP contribution < -0.4 is 11.1 Å². The summed E-state index contributed by atoms with van der Waals surface area (Å²) < 4.78 is 18.3. The zero-order valence-electron chi connectivity index (χ0n) is 20.5. The SMILES string of the molecule is Nc1cnn(CCOCCOCCOCCCc2cccc3c2C(=O)N(C2CCC(=O)NC2=O)C3=O)c1. The standard InChI is InChI=1S/C25H31N5O7/c26-18-15-27-29(16-18)8-10-36-12-14-37-13-11-35-9-2-4-17-3-1-5-19-22(17)25(34)30(24(19)33)20-6-7-21(31)28-23(20)32/h1,3,5,15-16,20H,2,4,6-14,26H2,(H,28,31,32). The summed E-state index contributed by atoms with van der Waals surface area (Å²) >= 11 is 0. The molecular formula is C25H31N5O7. The van der Waals surface area contributed by atoms with Gasteiger partial charge in [0.05, 0.1) is 62.6 Å². The number of hydrogen-bond acceptors (Lipinski definition) is 9. The van der Waals surface area contributed by atoms with Crippen molar-refractivity contribution in [2.75, 3.05) is 45.4 Å². The lowest BCUT2D eigenvalue weighted by Crippen LogP contribution is -2.54. The van der Waals surface area contributed by atoms with Gasteiger partial charge in [0.25, 0.3) is 11.8 Å². The van der Waals surface area contributed by atoms with Crippen molar-refractivity contribution in [3.8, 4) is 0 Å². The van der Waals surface area contributed by atoms with Crippen molar-refractivity contribution in [2.24, 2.45) is 0 Å². The van der Waals surface area contributed by atoms with Crippen molar-refractivity contribution >= 4 is 29.3 Å². The highest BCUT2D eigenvalue weighted by molar-refractivity contribution is 6.24. The summed E-state index contributed by atoms with van der Waals surface area (Å²) in [5.41, 5.74) is 7.58. The van der Waals surface area contributed by atoms with E-state index >= 15 is 0 Å². The molecule has 1 aromatic heterocycles. The average molecular weight is 514 g/mol. The molecule has 1 saturated heterocycles. The summed E-state index contributed by atoms with van der Waals surface area (Å²) in [7, 11) is 0. The normalized spacial score (nSPS) is 17.4. The van der Waals surface area contributed by atoms with Gasteiger partial charge in [-0.15, -0.1) is 0 Å². The lowest BCUT2D eigenvalue weighted by atomic mass is 9.99. The predicted octanol–water partition coefficient (Wildman–Crippen LogP) is 0.549. The van der Waals surface area contributed by atoms with Gasteiger partial charge in [0.2, 0.25) is 11.8 Å². The smallest absolute Gasteiger partial charge is 0.262 e. The molecule has 4 amide bonds. The Labute approximate surface area is 214 Å². The molecule has 1 aromatic carbocycles. The Hall–Kier alpha value is -3.61. The fourth-order valence-electron chi connectivity index (χ4n) is 4.36. The maximum absolute atomic E-state index is 13.1. The van der Waals surface area contributed by atoms with E-state index in [0.29, 0.717) is 70.3 Å². The number of piperidine rings is 1. The largest absolute Gasteiger partial charge is 0.396 e. The average Bonchev–Trinajstić information content (AvgIpc) is 3.40. The van der Waals surface area contributed by atoms with E-state index in [1.807, 2.05) is 6.07 Å². The van der Waals surface area contributed by atoms with Gasteiger partial charge in [-0.2, -0.15) is 5.10 Å². The molecule has 1 unspecified atom stereocenters. The Morgan fingerprint density at radius 1 is 0.973 bits per heavy atom. The third-order valence-corrected chi connectivity index (χ3v) is 6.15. The van der Waals surface area contributed by atoms with E-state index in [0.717, 1.165) is 10.5 Å². The van der Waals surface area contributed by atoms with E-state index in [1.165, 1.54) is 0 Å². The van der Waals surface area contributed by atoms with E-state index in [1.54, 1.807) is 29.2 Å². The number of aromatic nitrogens is 2. The number of fused-ring (bicyclic) bond motifs is 1. The van der Waals surface area contributed by atoms with Gasteiger partial charge in [0, 0.05) is 19.2 Å². The molecule has 3 heterocycles. The van der Waals surface area contributed by atoms with Crippen molar-refractivity contribution in [3.05, 3.63) is 47.3 Å². The number of rotatable bonds is 14. The van der Waals surface area contributed by atoms with Gasteiger partial charge in [0.1, 0.15) is 6.04 Å². The quantitative estimate of drug-likeness (QED) is 0.272. The Kier molecular flexibility index (Phi) is 8.99. The van der Waals surface area contributed by atoms with Crippen LogP contribution in [0.2, 0.25) is 0 Å². The van der Waals surface area contributed by atoms with E-state index in [2.05, 4.69) is 10.4 Å². The number of nitrogens with zero attached hydrogens (tertiary/aromatic N) is 3. The molecule has 2 aromatic rings. The highest BCUT2D eigenvalue weighted by Gasteiger charge is 2.45. The second kappa shape index (κ2) is 12.6. The van der Waals surface area contributed by atoms with Crippen LogP contribution in [0.25, 0.3) is 0 Å². The Bertz CT molecular complexity index is 1150. The third-order valence-electron chi connectivity index (χ3n) is 6.15. The van der Waals surface area contributed by atoms with Gasteiger partial charge in [-0.3, -0.25) is 34.1 Å². The van der Waals surface area contributed by atoms with Crippen LogP contribution >= 0.6 is 0 Å². The molecule has 198 valence electrons. The van der Waals surface area contributed by atoms with Crippen molar-refractivity contribution in [3.63, 3.8) is 0 Å². The molecular weight excluding hydrogens is 482 g/mol. The first-order valence-electron chi connectivity index (χ1n) is 12.3. The first kappa shape index (κ1) is 26.5. The molecule has 12 nitrogen and oxygen atoms in total. The molecule has 2 aliphatic rings. The molecule has 37 heavy (non-hydrogen) atoms. The summed E-state index contributed by atoms with van der Waals surface area (Å²) in [6.45, 7) is 3.41. The fourth-order valence-corrected chi connectivity index (χ4v) is 4.36. The van der Waals surface area contributed by atoms with Gasteiger partial charge < -0.3 is 19.9 Å². The van der Waals surface area contributed by atoms with Crippen LogP contribution in [-0.2, 0) is 36.8 Å². The van der Waals surface area contributed by atoms with Crippen LogP contribution in [0.3, 0.4) is 0 Å². The van der Waals surface area contributed by atoms with Gasteiger partial charge in [-0.25, -0.2) is 0 Å². The van der Waals surface area contributed by atoms with E-state index in [9.17, 15) is 19.2 Å². The zero-order chi connectivity index (χ0) is 26.2. The van der Waals surface area contributed by atoms with Crippen LogP contribution in [0.5, 0.6) is 0 Å². The fraction of sp³-hybridized carbons (Fsp3) is 0.480. The van der Waals surface area contributed by atoms with Crippen LogP contribution in [0, 0.1) is 0 Å². The summed E-state index contributed by atoms with van der Waals surface area (Å²) in [6.07, 6.45) is 4.75. The number of ether oxygens (including phenoxy) is 3. The topological polar surface area (TPSA) is 155 Å². The monoisotopic (exact) mass is 513 g/mol. The molecule has 0 aliphatic carbocycles. The highest BCUT2D eigenvalue weighted by atomic mass is 16.5. The number of imide groups is 2. The van der Waals surface area contributed by atoms with E-state index < -0.39 is 29.7 Å². The minimum Gasteiger partial charge on any atom is -0.396 e. The third kappa shape index (κ3) is 6.59. The number of nitrogen functional groups attached to an aromatic ring is 1. The summed E-state index contributed by atoms with van der Waals surface area (Å²) in [6, 6.07) is 4.16. The number of nitrogens with two attached hydrogens (primary N) is 1. The summed E-state index contributed by atoms with van der Waals surface area (Å²) in [5, 5.41) is 6.28. The zero-order valence-corrected chi connectivity index (χ0v) is 20.5. The van der Waals surface area contributed by atoms with Crippen molar-refractivity contribution in [1.29, 1.82) is 0 Å². The molecule has 0 saturated carbocycles. The maximum Gasteiger partial charge on any atom is 0.262 e. The first-order chi connectivity index (χ1) is 18.0. The molecule has 2 aliphatic heterocycles. The predicted molar refractivity (Wildman–Crippen MR) is 131 cm³/mol. The minimum atomic E-state index is -0.970. The van der Waals surface area contributed by atoms with Gasteiger partial charge in [0.15, 0.2) is 0 Å².